The van der Waals surface area contributed by atoms with E-state index in [9.17, 15) is 13.2 Å². The molecule has 19 heavy (non-hydrogen) atoms. The molecule has 1 aromatic carbocycles. The summed E-state index contributed by atoms with van der Waals surface area (Å²) in [5.41, 5.74) is 0. The Bertz CT molecular complexity index is 586. The van der Waals surface area contributed by atoms with E-state index in [0.717, 1.165) is 6.07 Å². The minimum atomic E-state index is -3.84. The van der Waals surface area contributed by atoms with E-state index in [1.807, 2.05) is 0 Å². The third kappa shape index (κ3) is 5.10. The van der Waals surface area contributed by atoms with Crippen molar-refractivity contribution in [3.63, 3.8) is 0 Å². The van der Waals surface area contributed by atoms with E-state index in [1.54, 1.807) is 0 Å². The van der Waals surface area contributed by atoms with Gasteiger partial charge in [0.2, 0.25) is 0 Å². The van der Waals surface area contributed by atoms with Gasteiger partial charge in [-0.3, -0.25) is 4.79 Å². The molecule has 1 aromatic rings. The molecule has 0 unspecified atom stereocenters. The molecule has 0 aliphatic rings. The van der Waals surface area contributed by atoms with Gasteiger partial charge >= 0.3 is 0 Å². The molecule has 0 fully saturated rings. The standard InChI is InChI=1S/C11H11Cl2NO4S/c1-2-5-14-11(15)7-18-10-4-3-8(6-9(10)12)19(13,16)17/h2-4,6H,1,5,7H2,(H,14,15). The molecule has 0 atom stereocenters. The molecule has 0 aliphatic heterocycles. The number of amides is 1. The molecule has 0 aromatic heterocycles. The van der Waals surface area contributed by atoms with Crippen molar-refractivity contribution in [1.29, 1.82) is 0 Å². The molecule has 1 N–H and O–H groups in total. The number of benzene rings is 1. The largest absolute Gasteiger partial charge is 0.482 e. The highest BCUT2D eigenvalue weighted by Gasteiger charge is 2.13. The lowest BCUT2D eigenvalue weighted by atomic mass is 10.3. The van der Waals surface area contributed by atoms with Gasteiger partial charge in [0.15, 0.2) is 6.61 Å². The minimum Gasteiger partial charge on any atom is -0.482 e. The van der Waals surface area contributed by atoms with Crippen molar-refractivity contribution in [3.8, 4) is 5.75 Å². The zero-order valence-corrected chi connectivity index (χ0v) is 12.1. The Hall–Kier alpha value is -1.24. The van der Waals surface area contributed by atoms with Crippen molar-refractivity contribution >= 4 is 37.2 Å². The molecule has 1 rings (SSSR count). The summed E-state index contributed by atoms with van der Waals surface area (Å²) in [5, 5.41) is 2.57. The third-order valence-electron chi connectivity index (χ3n) is 1.99. The van der Waals surface area contributed by atoms with Crippen molar-refractivity contribution in [2.75, 3.05) is 13.2 Å². The SMILES string of the molecule is C=CCNC(=O)COc1ccc(S(=O)(=O)Cl)cc1Cl. The first-order valence-corrected chi connectivity index (χ1v) is 7.78. The normalized spacial score (nSPS) is 10.8. The summed E-state index contributed by atoms with van der Waals surface area (Å²) in [5.74, 6) is -0.149. The molecule has 0 spiro atoms. The fourth-order valence-corrected chi connectivity index (χ4v) is 2.21. The Morgan fingerprint density at radius 3 is 2.68 bits per heavy atom. The molecule has 0 bridgehead atoms. The van der Waals surface area contributed by atoms with Crippen molar-refractivity contribution < 1.29 is 17.9 Å². The predicted molar refractivity (Wildman–Crippen MR) is 73.2 cm³/mol. The van der Waals surface area contributed by atoms with Gasteiger partial charge < -0.3 is 10.1 Å². The molecule has 5 nitrogen and oxygen atoms in total. The number of ether oxygens (including phenoxy) is 1. The van der Waals surface area contributed by atoms with Crippen molar-refractivity contribution in [2.45, 2.75) is 4.90 Å². The fraction of sp³-hybridized carbons (Fsp3) is 0.182. The van der Waals surface area contributed by atoms with Crippen LogP contribution in [0, 0.1) is 0 Å². The van der Waals surface area contributed by atoms with Gasteiger partial charge in [0.25, 0.3) is 15.0 Å². The lowest BCUT2D eigenvalue weighted by Crippen LogP contribution is -2.28. The van der Waals surface area contributed by atoms with Crippen LogP contribution in [-0.4, -0.2) is 27.5 Å². The summed E-state index contributed by atoms with van der Waals surface area (Å²) >= 11 is 5.83. The topological polar surface area (TPSA) is 72.5 Å². The van der Waals surface area contributed by atoms with Gasteiger partial charge in [0, 0.05) is 17.2 Å². The molecule has 1 amide bonds. The quantitative estimate of drug-likeness (QED) is 0.641. The summed E-state index contributed by atoms with van der Waals surface area (Å²) in [6.45, 7) is 3.55. The molecule has 8 heteroatoms. The molecule has 0 saturated heterocycles. The summed E-state index contributed by atoms with van der Waals surface area (Å²) in [7, 11) is 1.32. The first-order valence-electron chi connectivity index (χ1n) is 5.09. The highest BCUT2D eigenvalue weighted by atomic mass is 35.7. The fourth-order valence-electron chi connectivity index (χ4n) is 1.13. The van der Waals surface area contributed by atoms with E-state index in [0.29, 0.717) is 6.54 Å². The van der Waals surface area contributed by atoms with Gasteiger partial charge in [0.05, 0.1) is 9.92 Å². The molecular formula is C11H11Cl2NO4S. The van der Waals surface area contributed by atoms with Gasteiger partial charge in [-0.15, -0.1) is 6.58 Å². The van der Waals surface area contributed by atoms with Gasteiger partial charge in [0.1, 0.15) is 5.75 Å². The summed E-state index contributed by atoms with van der Waals surface area (Å²) in [4.78, 5) is 11.1. The van der Waals surface area contributed by atoms with Crippen LogP contribution in [0.5, 0.6) is 5.75 Å². The number of rotatable bonds is 6. The number of hydrogen-bond acceptors (Lipinski definition) is 4. The second kappa shape index (κ2) is 6.79. The summed E-state index contributed by atoms with van der Waals surface area (Å²) in [6.07, 6.45) is 1.53. The van der Waals surface area contributed by atoms with E-state index in [-0.39, 0.29) is 28.2 Å². The number of carbonyl (C=O) groups is 1. The van der Waals surface area contributed by atoms with Gasteiger partial charge in [-0.1, -0.05) is 17.7 Å². The smallest absolute Gasteiger partial charge is 0.261 e. The van der Waals surface area contributed by atoms with E-state index < -0.39 is 9.05 Å². The zero-order chi connectivity index (χ0) is 14.5. The Morgan fingerprint density at radius 2 is 2.16 bits per heavy atom. The Labute approximate surface area is 120 Å². The first-order chi connectivity index (χ1) is 8.84. The monoisotopic (exact) mass is 323 g/mol. The van der Waals surface area contributed by atoms with Crippen molar-refractivity contribution in [1.82, 2.24) is 5.32 Å². The Balaban J connectivity index is 2.71. The number of hydrogen-bond donors (Lipinski definition) is 1. The van der Waals surface area contributed by atoms with E-state index in [2.05, 4.69) is 11.9 Å². The van der Waals surface area contributed by atoms with Crippen molar-refractivity contribution in [3.05, 3.63) is 35.9 Å². The van der Waals surface area contributed by atoms with Crippen LogP contribution in [0.2, 0.25) is 5.02 Å². The van der Waals surface area contributed by atoms with Gasteiger partial charge in [-0.05, 0) is 18.2 Å². The number of carbonyl (C=O) groups excluding carboxylic acids is 1. The molecule has 0 saturated carbocycles. The third-order valence-corrected chi connectivity index (χ3v) is 3.63. The lowest BCUT2D eigenvalue weighted by molar-refractivity contribution is -0.122. The van der Waals surface area contributed by atoms with Gasteiger partial charge in [-0.25, -0.2) is 8.42 Å². The van der Waals surface area contributed by atoms with Crippen LogP contribution in [0.4, 0.5) is 0 Å². The maximum absolute atomic E-state index is 11.3. The molecule has 0 heterocycles. The van der Waals surface area contributed by atoms with Crippen LogP contribution in [0.1, 0.15) is 0 Å². The van der Waals surface area contributed by atoms with Crippen LogP contribution >= 0.6 is 22.3 Å². The molecule has 0 radical (unpaired) electrons. The molecule has 104 valence electrons. The first kappa shape index (κ1) is 15.8. The second-order valence-electron chi connectivity index (χ2n) is 3.41. The number of nitrogens with one attached hydrogen (secondary N) is 1. The van der Waals surface area contributed by atoms with Crippen LogP contribution in [-0.2, 0) is 13.8 Å². The lowest BCUT2D eigenvalue weighted by Gasteiger charge is -2.08. The maximum Gasteiger partial charge on any atom is 0.261 e. The minimum absolute atomic E-state index is 0.0539. The highest BCUT2D eigenvalue weighted by Crippen LogP contribution is 2.28. The Morgan fingerprint density at radius 1 is 1.47 bits per heavy atom. The second-order valence-corrected chi connectivity index (χ2v) is 6.38. The van der Waals surface area contributed by atoms with Crippen LogP contribution in [0.25, 0.3) is 0 Å². The van der Waals surface area contributed by atoms with E-state index in [4.69, 9.17) is 27.0 Å². The average Bonchev–Trinajstić information content (AvgIpc) is 2.33. The summed E-state index contributed by atoms with van der Waals surface area (Å²) in [6, 6.07) is 3.73. The average molecular weight is 324 g/mol. The summed E-state index contributed by atoms with van der Waals surface area (Å²) < 4.78 is 27.3. The maximum atomic E-state index is 11.3. The van der Waals surface area contributed by atoms with Crippen molar-refractivity contribution in [2.24, 2.45) is 0 Å². The van der Waals surface area contributed by atoms with Crippen LogP contribution in [0.3, 0.4) is 0 Å². The highest BCUT2D eigenvalue weighted by molar-refractivity contribution is 8.13. The van der Waals surface area contributed by atoms with Crippen LogP contribution < -0.4 is 10.1 Å². The van der Waals surface area contributed by atoms with E-state index >= 15 is 0 Å². The van der Waals surface area contributed by atoms with Crippen LogP contribution in [0.15, 0.2) is 35.7 Å². The predicted octanol–water partition coefficient (Wildman–Crippen LogP) is 1.95. The Kier molecular flexibility index (Phi) is 5.65. The molecule has 0 aliphatic carbocycles. The molecular weight excluding hydrogens is 313 g/mol. The number of halogens is 2. The van der Waals surface area contributed by atoms with E-state index in [1.165, 1.54) is 18.2 Å². The van der Waals surface area contributed by atoms with Gasteiger partial charge in [-0.2, -0.15) is 0 Å². The zero-order valence-electron chi connectivity index (χ0n) is 9.73.